The molecule has 6 heteroatoms. The highest BCUT2D eigenvalue weighted by Gasteiger charge is 2.19. The first-order valence-corrected chi connectivity index (χ1v) is 8.72. The number of hydrogen-bond donors (Lipinski definition) is 2. The Balaban J connectivity index is 2.52. The second-order valence-electron chi connectivity index (χ2n) is 7.01. The highest BCUT2D eigenvalue weighted by atomic mass is 32.1. The molecular formula is C16H29N3O2S. The summed E-state index contributed by atoms with van der Waals surface area (Å²) in [5, 5.41) is 8.44. The van der Waals surface area contributed by atoms with Crippen LogP contribution in [-0.4, -0.2) is 29.3 Å². The van der Waals surface area contributed by atoms with Gasteiger partial charge in [-0.1, -0.05) is 13.8 Å². The molecule has 0 aliphatic carbocycles. The topological polar surface area (TPSA) is 63.2 Å². The zero-order valence-electron chi connectivity index (χ0n) is 14.5. The van der Waals surface area contributed by atoms with Crippen LogP contribution < -0.4 is 10.6 Å². The molecule has 0 aromatic carbocycles. The number of aromatic nitrogens is 1. The summed E-state index contributed by atoms with van der Waals surface area (Å²) in [6.45, 7) is 12.6. The summed E-state index contributed by atoms with van der Waals surface area (Å²) >= 11 is 1.59. The highest BCUT2D eigenvalue weighted by Crippen LogP contribution is 2.15. The second kappa shape index (κ2) is 8.48. The molecule has 0 bridgehead atoms. The lowest BCUT2D eigenvalue weighted by atomic mass is 10.0. The van der Waals surface area contributed by atoms with Crippen molar-refractivity contribution >= 4 is 17.4 Å². The van der Waals surface area contributed by atoms with Crippen molar-refractivity contribution in [2.75, 3.05) is 6.54 Å². The number of carbonyl (C=O) groups is 1. The van der Waals surface area contributed by atoms with Gasteiger partial charge in [0.2, 0.25) is 0 Å². The summed E-state index contributed by atoms with van der Waals surface area (Å²) in [6.07, 6.45) is 0.606. The number of alkyl carbamates (subject to hydrolysis) is 1. The van der Waals surface area contributed by atoms with Gasteiger partial charge >= 0.3 is 6.09 Å². The van der Waals surface area contributed by atoms with Gasteiger partial charge in [0.15, 0.2) is 0 Å². The Morgan fingerprint density at radius 1 is 1.36 bits per heavy atom. The Labute approximate surface area is 137 Å². The Morgan fingerprint density at radius 2 is 2.05 bits per heavy atom. The maximum Gasteiger partial charge on any atom is 0.407 e. The molecule has 1 aromatic heterocycles. The Kier molecular flexibility index (Phi) is 7.29. The Bertz CT molecular complexity index is 441. The van der Waals surface area contributed by atoms with Crippen LogP contribution in [0.25, 0.3) is 0 Å². The minimum atomic E-state index is -0.473. The molecule has 1 rings (SSSR count). The first-order valence-electron chi connectivity index (χ1n) is 7.78. The van der Waals surface area contributed by atoms with Crippen molar-refractivity contribution < 1.29 is 9.53 Å². The van der Waals surface area contributed by atoms with Crippen LogP contribution in [0.15, 0.2) is 10.9 Å². The molecule has 0 radical (unpaired) electrons. The van der Waals surface area contributed by atoms with E-state index in [9.17, 15) is 4.79 Å². The van der Waals surface area contributed by atoms with E-state index < -0.39 is 5.60 Å². The van der Waals surface area contributed by atoms with Crippen LogP contribution >= 0.6 is 11.3 Å². The van der Waals surface area contributed by atoms with Crippen LogP contribution in [-0.2, 0) is 4.74 Å². The third-order valence-corrected chi connectivity index (χ3v) is 3.63. The van der Waals surface area contributed by atoms with E-state index in [1.54, 1.807) is 11.3 Å². The Hall–Kier alpha value is -1.14. The first kappa shape index (κ1) is 18.9. The molecule has 1 heterocycles. The van der Waals surface area contributed by atoms with Gasteiger partial charge in [-0.2, -0.15) is 0 Å². The Morgan fingerprint density at radius 3 is 2.55 bits per heavy atom. The van der Waals surface area contributed by atoms with E-state index in [-0.39, 0.29) is 18.2 Å². The normalized spacial score (nSPS) is 14.7. The minimum absolute atomic E-state index is 0.162. The summed E-state index contributed by atoms with van der Waals surface area (Å²) in [7, 11) is 0. The van der Waals surface area contributed by atoms with Crippen LogP contribution in [0.1, 0.15) is 59.7 Å². The molecule has 0 aliphatic rings. The third-order valence-electron chi connectivity index (χ3n) is 3.03. The van der Waals surface area contributed by atoms with Gasteiger partial charge in [0, 0.05) is 24.0 Å². The van der Waals surface area contributed by atoms with Crippen molar-refractivity contribution in [3.63, 3.8) is 0 Å². The van der Waals surface area contributed by atoms with Gasteiger partial charge in [0.25, 0.3) is 0 Å². The van der Waals surface area contributed by atoms with Gasteiger partial charge in [0.1, 0.15) is 5.60 Å². The number of nitrogens with one attached hydrogen (secondary N) is 2. The number of nitrogens with zero attached hydrogens (tertiary/aromatic N) is 1. The minimum Gasteiger partial charge on any atom is -0.444 e. The first-order chi connectivity index (χ1) is 10.2. The van der Waals surface area contributed by atoms with E-state index in [0.717, 1.165) is 12.1 Å². The average molecular weight is 327 g/mol. The molecule has 0 saturated carbocycles. The average Bonchev–Trinajstić information content (AvgIpc) is 2.86. The summed E-state index contributed by atoms with van der Waals surface area (Å²) in [5.41, 5.74) is 2.40. The van der Waals surface area contributed by atoms with Crippen LogP contribution in [0.5, 0.6) is 0 Å². The van der Waals surface area contributed by atoms with Crippen molar-refractivity contribution in [2.45, 2.75) is 65.6 Å². The highest BCUT2D eigenvalue weighted by molar-refractivity contribution is 7.07. The predicted molar refractivity (Wildman–Crippen MR) is 91.1 cm³/mol. The molecule has 0 saturated heterocycles. The molecule has 0 aliphatic heterocycles. The van der Waals surface area contributed by atoms with Crippen molar-refractivity contribution in [2.24, 2.45) is 5.92 Å². The fourth-order valence-electron chi connectivity index (χ4n) is 2.17. The van der Waals surface area contributed by atoms with Gasteiger partial charge in [-0.25, -0.2) is 9.78 Å². The lowest BCUT2D eigenvalue weighted by Crippen LogP contribution is -2.44. The molecular weight excluding hydrogens is 298 g/mol. The third kappa shape index (κ3) is 7.75. The van der Waals surface area contributed by atoms with Crippen molar-refractivity contribution in [3.8, 4) is 0 Å². The van der Waals surface area contributed by atoms with Gasteiger partial charge in [-0.15, -0.1) is 11.3 Å². The van der Waals surface area contributed by atoms with Crippen LogP contribution in [0.3, 0.4) is 0 Å². The standard InChI is InChI=1S/C16H29N3O2S/c1-11(2)7-13(8-17-15(20)21-16(4,5)6)19-12(3)14-9-22-10-18-14/h9-13,19H,7-8H2,1-6H3,(H,17,20). The van der Waals surface area contributed by atoms with E-state index >= 15 is 0 Å². The van der Waals surface area contributed by atoms with Crippen LogP contribution in [0, 0.1) is 5.92 Å². The SMILES string of the molecule is CC(C)CC(CNC(=O)OC(C)(C)C)NC(C)c1cscn1. The van der Waals surface area contributed by atoms with E-state index in [1.165, 1.54) is 0 Å². The van der Waals surface area contributed by atoms with E-state index in [1.807, 2.05) is 31.7 Å². The summed E-state index contributed by atoms with van der Waals surface area (Å²) in [6, 6.07) is 0.347. The molecule has 126 valence electrons. The number of hydrogen-bond acceptors (Lipinski definition) is 5. The summed E-state index contributed by atoms with van der Waals surface area (Å²) < 4.78 is 5.28. The molecule has 5 nitrogen and oxygen atoms in total. The maximum absolute atomic E-state index is 11.8. The predicted octanol–water partition coefficient (Wildman–Crippen LogP) is 3.73. The molecule has 22 heavy (non-hydrogen) atoms. The van der Waals surface area contributed by atoms with E-state index in [2.05, 4.69) is 36.4 Å². The van der Waals surface area contributed by atoms with Crippen molar-refractivity contribution in [1.29, 1.82) is 0 Å². The molecule has 2 N–H and O–H groups in total. The molecule has 1 amide bonds. The van der Waals surface area contributed by atoms with Crippen LogP contribution in [0.4, 0.5) is 4.79 Å². The molecule has 2 unspecified atom stereocenters. The zero-order valence-corrected chi connectivity index (χ0v) is 15.3. The monoisotopic (exact) mass is 327 g/mol. The summed E-state index contributed by atoms with van der Waals surface area (Å²) in [4.78, 5) is 16.1. The number of rotatable bonds is 7. The lowest BCUT2D eigenvalue weighted by Gasteiger charge is -2.25. The van der Waals surface area contributed by atoms with Crippen molar-refractivity contribution in [1.82, 2.24) is 15.6 Å². The fourth-order valence-corrected chi connectivity index (χ4v) is 2.82. The lowest BCUT2D eigenvalue weighted by molar-refractivity contribution is 0.0520. The second-order valence-corrected chi connectivity index (χ2v) is 7.73. The van der Waals surface area contributed by atoms with E-state index in [4.69, 9.17) is 4.74 Å². The molecule has 0 fully saturated rings. The number of amides is 1. The molecule has 0 spiro atoms. The molecule has 1 aromatic rings. The van der Waals surface area contributed by atoms with Gasteiger partial charge in [0.05, 0.1) is 11.2 Å². The van der Waals surface area contributed by atoms with Gasteiger partial charge in [-0.05, 0) is 40.0 Å². The number of carbonyl (C=O) groups excluding carboxylic acids is 1. The van der Waals surface area contributed by atoms with Gasteiger partial charge < -0.3 is 15.4 Å². The van der Waals surface area contributed by atoms with E-state index in [0.29, 0.717) is 12.5 Å². The fraction of sp³-hybridized carbons (Fsp3) is 0.750. The number of ether oxygens (including phenoxy) is 1. The van der Waals surface area contributed by atoms with Gasteiger partial charge in [-0.3, -0.25) is 0 Å². The zero-order chi connectivity index (χ0) is 16.8. The van der Waals surface area contributed by atoms with Crippen molar-refractivity contribution in [3.05, 3.63) is 16.6 Å². The van der Waals surface area contributed by atoms with Crippen LogP contribution in [0.2, 0.25) is 0 Å². The quantitative estimate of drug-likeness (QED) is 0.801. The maximum atomic E-state index is 11.8. The smallest absolute Gasteiger partial charge is 0.407 e. The summed E-state index contributed by atoms with van der Waals surface area (Å²) in [5.74, 6) is 0.542. The molecule has 2 atom stereocenters. The number of thiazole rings is 1. The largest absolute Gasteiger partial charge is 0.444 e.